The fourth-order valence-electron chi connectivity index (χ4n) is 4.49. The second-order valence-electron chi connectivity index (χ2n) is 7.65. The van der Waals surface area contributed by atoms with E-state index in [1.54, 1.807) is 6.20 Å². The minimum atomic E-state index is 0.135. The van der Waals surface area contributed by atoms with E-state index in [0.29, 0.717) is 5.96 Å². The highest BCUT2D eigenvalue weighted by molar-refractivity contribution is 6.00. The summed E-state index contributed by atoms with van der Waals surface area (Å²) in [5.74, 6) is 1.59. The van der Waals surface area contributed by atoms with Crippen LogP contribution in [0.15, 0.2) is 53.8 Å². The Morgan fingerprint density at radius 3 is 2.73 bits per heavy atom. The number of aryl methyl sites for hydroxylation is 1. The summed E-state index contributed by atoms with van der Waals surface area (Å²) in [7, 11) is 0. The molecule has 5 rings (SSSR count). The number of para-hydroxylation sites is 2. The van der Waals surface area contributed by atoms with Crippen LogP contribution in [0.2, 0.25) is 0 Å². The molecule has 0 radical (unpaired) electrons. The molecule has 2 fully saturated rings. The Morgan fingerprint density at radius 2 is 1.93 bits per heavy atom. The molecule has 30 heavy (non-hydrogen) atoms. The number of hydrogen-bond acceptors (Lipinski definition) is 6. The predicted octanol–water partition coefficient (Wildman–Crippen LogP) is 2.57. The van der Waals surface area contributed by atoms with Crippen LogP contribution in [0.1, 0.15) is 12.6 Å². The lowest BCUT2D eigenvalue weighted by molar-refractivity contribution is 0.288. The van der Waals surface area contributed by atoms with E-state index in [0.717, 1.165) is 47.9 Å². The number of nitriles is 1. The van der Waals surface area contributed by atoms with Crippen molar-refractivity contribution in [1.82, 2.24) is 19.9 Å². The highest BCUT2D eigenvalue weighted by Crippen LogP contribution is 2.33. The zero-order valence-corrected chi connectivity index (χ0v) is 17.0. The second kappa shape index (κ2) is 7.26. The number of pyridine rings is 1. The lowest BCUT2D eigenvalue weighted by atomic mass is 10.1. The van der Waals surface area contributed by atoms with Crippen LogP contribution in [0.25, 0.3) is 11.0 Å². The molecule has 3 aromatic rings. The molecule has 150 valence electrons. The quantitative estimate of drug-likeness (QED) is 0.613. The third-order valence-corrected chi connectivity index (χ3v) is 6.00. The van der Waals surface area contributed by atoms with Gasteiger partial charge in [-0.2, -0.15) is 5.26 Å². The summed E-state index contributed by atoms with van der Waals surface area (Å²) in [6.07, 6.45) is 5.63. The van der Waals surface area contributed by atoms with Gasteiger partial charge >= 0.3 is 0 Å². The Balaban J connectivity index is 1.48. The Kier molecular flexibility index (Phi) is 4.43. The molecule has 2 atom stereocenters. The van der Waals surface area contributed by atoms with Crippen LogP contribution >= 0.6 is 0 Å². The van der Waals surface area contributed by atoms with Gasteiger partial charge in [0.1, 0.15) is 5.82 Å². The van der Waals surface area contributed by atoms with E-state index in [9.17, 15) is 5.26 Å². The van der Waals surface area contributed by atoms with Gasteiger partial charge in [-0.05, 0) is 38.1 Å². The van der Waals surface area contributed by atoms with Gasteiger partial charge in [0.25, 0.3) is 0 Å². The van der Waals surface area contributed by atoms with E-state index in [-0.39, 0.29) is 12.1 Å². The van der Waals surface area contributed by atoms with Gasteiger partial charge in [0.15, 0.2) is 0 Å². The summed E-state index contributed by atoms with van der Waals surface area (Å²) in [5.41, 5.74) is 3.71. The number of piperazine rings is 1. The van der Waals surface area contributed by atoms with Gasteiger partial charge in [0.05, 0.1) is 40.7 Å². The monoisotopic (exact) mass is 398 g/mol. The van der Waals surface area contributed by atoms with Crippen LogP contribution in [0, 0.1) is 18.4 Å². The van der Waals surface area contributed by atoms with Gasteiger partial charge < -0.3 is 14.7 Å². The zero-order chi connectivity index (χ0) is 20.7. The average molecular weight is 398 g/mol. The molecule has 0 saturated carbocycles. The van der Waals surface area contributed by atoms with E-state index in [4.69, 9.17) is 4.98 Å². The first-order valence-electron chi connectivity index (χ1n) is 10.1. The van der Waals surface area contributed by atoms with Crippen molar-refractivity contribution >= 4 is 28.5 Å². The smallest absolute Gasteiger partial charge is 0.217 e. The molecule has 4 heterocycles. The van der Waals surface area contributed by atoms with Crippen molar-refractivity contribution in [2.75, 3.05) is 29.4 Å². The maximum atomic E-state index is 9.33. The van der Waals surface area contributed by atoms with Gasteiger partial charge in [-0.3, -0.25) is 9.97 Å². The van der Waals surface area contributed by atoms with Crippen molar-refractivity contribution < 1.29 is 0 Å². The minimum Gasteiger partial charge on any atom is -0.351 e. The summed E-state index contributed by atoms with van der Waals surface area (Å²) >= 11 is 0. The van der Waals surface area contributed by atoms with E-state index in [1.165, 1.54) is 0 Å². The van der Waals surface area contributed by atoms with Crippen LogP contribution < -0.4 is 9.80 Å². The van der Waals surface area contributed by atoms with E-state index in [2.05, 4.69) is 36.6 Å². The van der Waals surface area contributed by atoms with Gasteiger partial charge in [0.2, 0.25) is 12.2 Å². The van der Waals surface area contributed by atoms with Crippen molar-refractivity contribution in [3.63, 3.8) is 0 Å². The first-order chi connectivity index (χ1) is 14.7. The number of anilines is 2. The molecule has 2 aliphatic rings. The standard InChI is InChI=1S/C22H22N8/c1-15-19(8-5-9-24-15)30-16(2)20-13-28(10-11-29(20)22(30)26-14-23)21-12-25-17-6-3-4-7-18(17)27-21/h3-9,12,16,20H,10-11,13H2,1-2H3/b26-22+. The molecule has 2 unspecified atom stereocenters. The third kappa shape index (κ3) is 2.90. The van der Waals surface area contributed by atoms with Crippen LogP contribution in [0.5, 0.6) is 0 Å². The first-order valence-corrected chi connectivity index (χ1v) is 10.1. The molecule has 0 amide bonds. The number of benzene rings is 1. The Hall–Kier alpha value is -3.73. The molecule has 8 heteroatoms. The van der Waals surface area contributed by atoms with Gasteiger partial charge in [0, 0.05) is 25.8 Å². The molecule has 2 aliphatic heterocycles. The third-order valence-electron chi connectivity index (χ3n) is 6.00. The highest BCUT2D eigenvalue weighted by Gasteiger charge is 2.46. The summed E-state index contributed by atoms with van der Waals surface area (Å²) < 4.78 is 0. The predicted molar refractivity (Wildman–Crippen MR) is 116 cm³/mol. The van der Waals surface area contributed by atoms with Crippen molar-refractivity contribution in [2.45, 2.75) is 25.9 Å². The molecule has 0 spiro atoms. The van der Waals surface area contributed by atoms with Crippen LogP contribution in [-0.4, -0.2) is 57.5 Å². The first kappa shape index (κ1) is 18.3. The molecule has 2 aromatic heterocycles. The molecule has 0 bridgehead atoms. The van der Waals surface area contributed by atoms with Gasteiger partial charge in [-0.1, -0.05) is 12.1 Å². The molecule has 1 aromatic carbocycles. The number of aliphatic imine (C=N–C) groups is 1. The molecule has 0 aliphatic carbocycles. The molecule has 0 N–H and O–H groups in total. The van der Waals surface area contributed by atoms with E-state index < -0.39 is 0 Å². The van der Waals surface area contributed by atoms with E-state index in [1.807, 2.05) is 55.7 Å². The van der Waals surface area contributed by atoms with Crippen LogP contribution in [-0.2, 0) is 0 Å². The van der Waals surface area contributed by atoms with Crippen molar-refractivity contribution in [3.8, 4) is 6.19 Å². The van der Waals surface area contributed by atoms with Gasteiger partial charge in [-0.15, -0.1) is 4.99 Å². The zero-order valence-electron chi connectivity index (χ0n) is 17.0. The lowest BCUT2D eigenvalue weighted by Crippen LogP contribution is -2.54. The summed E-state index contributed by atoms with van der Waals surface area (Å²) in [4.78, 5) is 24.7. The number of hydrogen-bond donors (Lipinski definition) is 0. The number of rotatable bonds is 2. The maximum Gasteiger partial charge on any atom is 0.217 e. The Bertz CT molecular complexity index is 1170. The maximum absolute atomic E-state index is 9.33. The van der Waals surface area contributed by atoms with E-state index >= 15 is 0 Å². The Labute approximate surface area is 175 Å². The average Bonchev–Trinajstić information content (AvgIpc) is 3.05. The normalized spacial score (nSPS) is 22.4. The molecular weight excluding hydrogens is 376 g/mol. The van der Waals surface area contributed by atoms with Crippen molar-refractivity contribution in [3.05, 3.63) is 54.5 Å². The molecule has 8 nitrogen and oxygen atoms in total. The van der Waals surface area contributed by atoms with Crippen LogP contribution in [0.3, 0.4) is 0 Å². The second-order valence-corrected chi connectivity index (χ2v) is 7.65. The molecule has 2 saturated heterocycles. The fraction of sp³-hybridized carbons (Fsp3) is 0.318. The molecular formula is C22H22N8. The summed E-state index contributed by atoms with van der Waals surface area (Å²) in [5, 5.41) is 9.33. The topological polar surface area (TPSA) is 84.5 Å². The summed E-state index contributed by atoms with van der Waals surface area (Å²) in [6, 6.07) is 12.2. The number of aromatic nitrogens is 3. The fourth-order valence-corrected chi connectivity index (χ4v) is 4.49. The van der Waals surface area contributed by atoms with Crippen molar-refractivity contribution in [1.29, 1.82) is 5.26 Å². The summed E-state index contributed by atoms with van der Waals surface area (Å²) in [6.45, 7) is 6.51. The number of guanidine groups is 1. The number of nitrogens with zero attached hydrogens (tertiary/aromatic N) is 8. The van der Waals surface area contributed by atoms with Gasteiger partial charge in [-0.25, -0.2) is 4.98 Å². The van der Waals surface area contributed by atoms with Crippen molar-refractivity contribution in [2.24, 2.45) is 4.99 Å². The SMILES string of the molecule is Cc1ncccc1N1/C(=N/C#N)N2CCN(c3cnc4ccccc4n3)CC2C1C. The minimum absolute atomic E-state index is 0.135. The number of fused-ring (bicyclic) bond motifs is 2. The Morgan fingerprint density at radius 1 is 1.10 bits per heavy atom. The largest absolute Gasteiger partial charge is 0.351 e. The van der Waals surface area contributed by atoms with Crippen LogP contribution in [0.4, 0.5) is 11.5 Å². The highest BCUT2D eigenvalue weighted by atomic mass is 15.5. The lowest BCUT2D eigenvalue weighted by Gasteiger charge is -2.38.